The quantitative estimate of drug-likeness (QED) is 0.0999. The molecule has 0 aliphatic carbocycles. The third-order valence-electron chi connectivity index (χ3n) is 10.7. The van der Waals surface area contributed by atoms with E-state index in [-0.39, 0.29) is 0 Å². The van der Waals surface area contributed by atoms with Crippen LogP contribution in [0.5, 0.6) is 0 Å². The summed E-state index contributed by atoms with van der Waals surface area (Å²) in [6, 6.07) is 66.5. The molecule has 0 amide bonds. The molecule has 3 aromatic heterocycles. The van der Waals surface area contributed by atoms with Crippen molar-refractivity contribution in [2.75, 3.05) is 0 Å². The number of fused-ring (bicyclic) bond motifs is 13. The molecular formula is C47H30N3PSe. The molecule has 52 heavy (non-hydrogen) atoms. The van der Waals surface area contributed by atoms with Gasteiger partial charge in [0.05, 0.1) is 0 Å². The van der Waals surface area contributed by atoms with Crippen molar-refractivity contribution >= 4 is 107 Å². The maximum atomic E-state index is 5.41. The van der Waals surface area contributed by atoms with E-state index in [9.17, 15) is 0 Å². The first kappa shape index (κ1) is 29.9. The van der Waals surface area contributed by atoms with Gasteiger partial charge in [-0.05, 0) is 0 Å². The van der Waals surface area contributed by atoms with Crippen molar-refractivity contribution in [3.05, 3.63) is 182 Å². The van der Waals surface area contributed by atoms with E-state index in [1.807, 2.05) is 0 Å². The van der Waals surface area contributed by atoms with E-state index in [4.69, 9.17) is 4.98 Å². The molecule has 0 saturated carbocycles. The van der Waals surface area contributed by atoms with Crippen molar-refractivity contribution in [2.24, 2.45) is 0 Å². The molecule has 0 fully saturated rings. The van der Waals surface area contributed by atoms with Crippen molar-refractivity contribution in [3.8, 4) is 5.69 Å². The number of nitrogens with zero attached hydrogens (tertiary/aromatic N) is 3. The van der Waals surface area contributed by atoms with Gasteiger partial charge in [-0.15, -0.1) is 0 Å². The number of hydrogen-bond acceptors (Lipinski definition) is 1. The summed E-state index contributed by atoms with van der Waals surface area (Å²) in [7, 11) is 0. The van der Waals surface area contributed by atoms with Crippen molar-refractivity contribution in [1.82, 2.24) is 14.0 Å². The summed E-state index contributed by atoms with van der Waals surface area (Å²) >= 11 is 3.79. The Kier molecular flexibility index (Phi) is 6.54. The predicted molar refractivity (Wildman–Crippen MR) is 224 cm³/mol. The van der Waals surface area contributed by atoms with E-state index in [2.05, 4.69) is 206 Å². The fourth-order valence-corrected chi connectivity index (χ4v) is 13.3. The molecular weight excluding hydrogens is 716 g/mol. The Hall–Kier alpha value is -5.76. The summed E-state index contributed by atoms with van der Waals surface area (Å²) in [4.78, 5) is 5.41. The third-order valence-corrected chi connectivity index (χ3v) is 17.8. The van der Waals surface area contributed by atoms with Gasteiger partial charge in [0.15, 0.2) is 0 Å². The monoisotopic (exact) mass is 747 g/mol. The molecule has 0 atom stereocenters. The van der Waals surface area contributed by atoms with Gasteiger partial charge >= 0.3 is 273 Å². The van der Waals surface area contributed by atoms with Gasteiger partial charge in [-0.3, -0.25) is 0 Å². The summed E-state index contributed by atoms with van der Waals surface area (Å²) < 4.78 is 4.80. The molecule has 0 saturated heterocycles. The topological polar surface area (TPSA) is 22.2 Å². The number of imidazole rings is 1. The summed E-state index contributed by atoms with van der Waals surface area (Å²) in [5, 5.41) is 12.5. The molecule has 3 nitrogen and oxygen atoms in total. The van der Waals surface area contributed by atoms with Gasteiger partial charge in [-0.25, -0.2) is 0 Å². The van der Waals surface area contributed by atoms with Crippen molar-refractivity contribution in [3.63, 3.8) is 0 Å². The summed E-state index contributed by atoms with van der Waals surface area (Å²) in [6.45, 7) is 0. The fourth-order valence-electron chi connectivity index (χ4n) is 8.41. The first-order chi connectivity index (χ1) is 25.7. The number of para-hydroxylation sites is 2. The van der Waals surface area contributed by atoms with Crippen LogP contribution < -0.4 is 15.9 Å². The van der Waals surface area contributed by atoms with E-state index in [1.165, 1.54) is 64.7 Å². The molecule has 0 aliphatic rings. The van der Waals surface area contributed by atoms with Crippen LogP contribution in [0.3, 0.4) is 0 Å². The summed E-state index contributed by atoms with van der Waals surface area (Å²) in [5.74, 6) is 0. The second kappa shape index (κ2) is 11.4. The second-order valence-electron chi connectivity index (χ2n) is 13.5. The van der Waals surface area contributed by atoms with E-state index < -0.39 is 5.51 Å². The Balaban J connectivity index is 1.27. The van der Waals surface area contributed by atoms with Gasteiger partial charge in [0.1, 0.15) is 0 Å². The van der Waals surface area contributed by atoms with Crippen LogP contribution in [0.2, 0.25) is 0 Å². The molecule has 0 radical (unpaired) electrons. The molecule has 0 bridgehead atoms. The number of aromatic nitrogens is 3. The Labute approximate surface area is 307 Å². The van der Waals surface area contributed by atoms with Gasteiger partial charge in [-0.2, -0.15) is 0 Å². The first-order valence-electron chi connectivity index (χ1n) is 17.6. The molecule has 0 aliphatic heterocycles. The van der Waals surface area contributed by atoms with E-state index in [0.29, 0.717) is 0 Å². The van der Waals surface area contributed by atoms with Crippen molar-refractivity contribution in [2.45, 2.75) is 0 Å². The zero-order chi connectivity index (χ0) is 34.4. The molecule has 5 heteroatoms. The predicted octanol–water partition coefficient (Wildman–Crippen LogP) is 10.4. The van der Waals surface area contributed by atoms with Gasteiger partial charge in [0, 0.05) is 0 Å². The second-order valence-corrected chi connectivity index (χ2v) is 19.7. The van der Waals surface area contributed by atoms with E-state index in [0.717, 1.165) is 27.9 Å². The molecule has 8 aromatic carbocycles. The Bertz CT molecular complexity index is 3170. The van der Waals surface area contributed by atoms with Gasteiger partial charge in [-0.1, -0.05) is 36.4 Å². The number of benzene rings is 8. The normalized spacial score (nSPS) is 12.3. The van der Waals surface area contributed by atoms with Crippen LogP contribution in [-0.4, -0.2) is 29.0 Å². The van der Waals surface area contributed by atoms with Crippen LogP contribution in [0.4, 0.5) is 0 Å². The Morgan fingerprint density at radius 1 is 0.423 bits per heavy atom. The van der Waals surface area contributed by atoms with E-state index >= 15 is 0 Å². The SMILES string of the molecule is [Se]=P(c1ccccc1)(c1ccccc1)c1ccc2c(c1)c1ccc3ccccc3c1c1nc3ccc(-n4c5ccccc5c5ccccc54)cc3n21. The van der Waals surface area contributed by atoms with Crippen LogP contribution in [0.15, 0.2) is 182 Å². The zero-order valence-corrected chi connectivity index (χ0v) is 30.6. The molecule has 0 N–H and O–H groups in total. The van der Waals surface area contributed by atoms with Crippen molar-refractivity contribution < 1.29 is 0 Å². The average molecular weight is 747 g/mol. The van der Waals surface area contributed by atoms with Gasteiger partial charge in [0.25, 0.3) is 0 Å². The fraction of sp³-hybridized carbons (Fsp3) is 0. The van der Waals surface area contributed by atoms with Gasteiger partial charge < -0.3 is 0 Å². The van der Waals surface area contributed by atoms with Gasteiger partial charge in [0.2, 0.25) is 0 Å². The van der Waals surface area contributed by atoms with Crippen LogP contribution in [0, 0.1) is 0 Å². The van der Waals surface area contributed by atoms with Crippen LogP contribution >= 0.6 is 5.51 Å². The number of hydrogen-bond donors (Lipinski definition) is 0. The maximum absolute atomic E-state index is 5.41. The third kappa shape index (κ3) is 4.21. The first-order valence-corrected chi connectivity index (χ1v) is 21.6. The Morgan fingerprint density at radius 3 is 1.73 bits per heavy atom. The molecule has 3 heterocycles. The molecule has 0 unspecified atom stereocenters. The zero-order valence-electron chi connectivity index (χ0n) is 28.0. The molecule has 244 valence electrons. The molecule has 0 spiro atoms. The molecule has 11 aromatic rings. The van der Waals surface area contributed by atoms with Crippen LogP contribution in [-0.2, 0) is 0 Å². The Morgan fingerprint density at radius 2 is 1.04 bits per heavy atom. The van der Waals surface area contributed by atoms with Crippen LogP contribution in [0.25, 0.3) is 76.6 Å². The van der Waals surface area contributed by atoms with Crippen LogP contribution in [0.1, 0.15) is 0 Å². The standard InChI is InChI=1S/C47H30N3PSe/c52-51(33-14-3-1-4-15-33,34-16-5-2-6-17-34)35-25-28-44-40(30-35)39-26-23-31-13-7-8-18-36(31)46(39)47-48-41-27-24-32(29-45(41)50(44)47)49-42-21-11-9-19-37(42)38-20-10-12-22-43(38)49/h1-30H. The molecule has 11 rings (SSSR count). The number of rotatable bonds is 4. The average Bonchev–Trinajstić information content (AvgIpc) is 3.77. The minimum atomic E-state index is -2.09. The minimum absolute atomic E-state index is 0.981. The van der Waals surface area contributed by atoms with Crippen molar-refractivity contribution in [1.29, 1.82) is 0 Å². The summed E-state index contributed by atoms with van der Waals surface area (Å²) in [6.07, 6.45) is 0. The van der Waals surface area contributed by atoms with E-state index in [1.54, 1.807) is 0 Å². The summed E-state index contributed by atoms with van der Waals surface area (Å²) in [5.41, 5.74) is 5.63. The number of pyridine rings is 1.